The molecule has 1 aromatic carbocycles. The lowest BCUT2D eigenvalue weighted by atomic mass is 9.99. The molecule has 2 rings (SSSR count). The lowest BCUT2D eigenvalue weighted by molar-refractivity contribution is -0.132. The molecule has 1 aromatic rings. The predicted octanol–water partition coefficient (Wildman–Crippen LogP) is 1.60. The SMILES string of the molecule is N#CC(Cc1ccccc1)C(=O)N1CCC(CCO)C1. The van der Waals surface area contributed by atoms with Gasteiger partial charge in [0.05, 0.1) is 6.07 Å². The zero-order chi connectivity index (χ0) is 14.4. The van der Waals surface area contributed by atoms with Crippen LogP contribution in [0.5, 0.6) is 0 Å². The van der Waals surface area contributed by atoms with Crippen molar-refractivity contribution in [3.05, 3.63) is 35.9 Å². The van der Waals surface area contributed by atoms with E-state index < -0.39 is 5.92 Å². The zero-order valence-electron chi connectivity index (χ0n) is 11.5. The number of hydrogen-bond acceptors (Lipinski definition) is 3. The summed E-state index contributed by atoms with van der Waals surface area (Å²) in [6.07, 6.45) is 2.13. The van der Waals surface area contributed by atoms with Gasteiger partial charge in [-0.25, -0.2) is 0 Å². The highest BCUT2D eigenvalue weighted by Crippen LogP contribution is 2.22. The third kappa shape index (κ3) is 3.58. The number of hydrogen-bond donors (Lipinski definition) is 1. The zero-order valence-corrected chi connectivity index (χ0v) is 11.5. The normalized spacial score (nSPS) is 19.6. The van der Waals surface area contributed by atoms with Crippen molar-refractivity contribution >= 4 is 5.91 Å². The molecule has 2 unspecified atom stereocenters. The van der Waals surface area contributed by atoms with Crippen LogP contribution in [-0.4, -0.2) is 35.6 Å². The number of carbonyl (C=O) groups is 1. The van der Waals surface area contributed by atoms with E-state index in [1.54, 1.807) is 4.90 Å². The number of aliphatic hydroxyl groups is 1. The van der Waals surface area contributed by atoms with Gasteiger partial charge in [0.2, 0.25) is 5.91 Å². The molecule has 0 spiro atoms. The third-order valence-electron chi connectivity index (χ3n) is 3.87. The molecule has 4 heteroatoms. The summed E-state index contributed by atoms with van der Waals surface area (Å²) < 4.78 is 0. The van der Waals surface area contributed by atoms with Crippen molar-refractivity contribution in [2.45, 2.75) is 19.3 Å². The fraction of sp³-hybridized carbons (Fsp3) is 0.500. The second-order valence-corrected chi connectivity index (χ2v) is 5.32. The topological polar surface area (TPSA) is 64.3 Å². The van der Waals surface area contributed by atoms with Crippen LogP contribution in [0.2, 0.25) is 0 Å². The highest BCUT2D eigenvalue weighted by atomic mass is 16.3. The van der Waals surface area contributed by atoms with Crippen LogP contribution in [0, 0.1) is 23.2 Å². The molecule has 20 heavy (non-hydrogen) atoms. The Labute approximate surface area is 119 Å². The van der Waals surface area contributed by atoms with Crippen LogP contribution in [-0.2, 0) is 11.2 Å². The third-order valence-corrected chi connectivity index (χ3v) is 3.87. The maximum atomic E-state index is 12.4. The van der Waals surface area contributed by atoms with E-state index >= 15 is 0 Å². The molecule has 1 N–H and O–H groups in total. The summed E-state index contributed by atoms with van der Waals surface area (Å²) in [5.41, 5.74) is 1.01. The van der Waals surface area contributed by atoms with Gasteiger partial charge in [0, 0.05) is 19.7 Å². The summed E-state index contributed by atoms with van der Waals surface area (Å²) in [4.78, 5) is 14.1. The lowest BCUT2D eigenvalue weighted by Gasteiger charge is -2.19. The molecule has 1 heterocycles. The lowest BCUT2D eigenvalue weighted by Crippen LogP contribution is -2.35. The van der Waals surface area contributed by atoms with Gasteiger partial charge in [0.1, 0.15) is 5.92 Å². The standard InChI is InChI=1S/C16H20N2O2/c17-11-15(10-13-4-2-1-3-5-13)16(20)18-8-6-14(12-18)7-9-19/h1-5,14-15,19H,6-10,12H2. The Morgan fingerprint density at radius 1 is 1.45 bits per heavy atom. The number of nitrogens with zero attached hydrogens (tertiary/aromatic N) is 2. The van der Waals surface area contributed by atoms with Gasteiger partial charge in [-0.05, 0) is 30.7 Å². The van der Waals surface area contributed by atoms with Gasteiger partial charge in [0.15, 0.2) is 0 Å². The van der Waals surface area contributed by atoms with Gasteiger partial charge in [-0.2, -0.15) is 5.26 Å². The van der Waals surface area contributed by atoms with E-state index in [1.165, 1.54) is 0 Å². The van der Waals surface area contributed by atoms with Crippen LogP contribution in [0.1, 0.15) is 18.4 Å². The van der Waals surface area contributed by atoms with Crippen molar-refractivity contribution in [3.8, 4) is 6.07 Å². The first-order valence-electron chi connectivity index (χ1n) is 7.07. The molecule has 1 aliphatic rings. The predicted molar refractivity (Wildman–Crippen MR) is 75.6 cm³/mol. The first-order chi connectivity index (χ1) is 9.74. The average molecular weight is 272 g/mol. The number of nitriles is 1. The van der Waals surface area contributed by atoms with Crippen molar-refractivity contribution in [2.75, 3.05) is 19.7 Å². The van der Waals surface area contributed by atoms with Gasteiger partial charge in [-0.15, -0.1) is 0 Å². The summed E-state index contributed by atoms with van der Waals surface area (Å²) in [6, 6.07) is 11.8. The van der Waals surface area contributed by atoms with Gasteiger partial charge in [-0.3, -0.25) is 4.79 Å². The fourth-order valence-electron chi connectivity index (χ4n) is 2.71. The Morgan fingerprint density at radius 3 is 2.85 bits per heavy atom. The fourth-order valence-corrected chi connectivity index (χ4v) is 2.71. The van der Waals surface area contributed by atoms with Crippen LogP contribution in [0.25, 0.3) is 0 Å². The van der Waals surface area contributed by atoms with Crippen molar-refractivity contribution in [1.29, 1.82) is 5.26 Å². The maximum absolute atomic E-state index is 12.4. The van der Waals surface area contributed by atoms with Crippen molar-refractivity contribution in [2.24, 2.45) is 11.8 Å². The van der Waals surface area contributed by atoms with Crippen LogP contribution in [0.15, 0.2) is 30.3 Å². The smallest absolute Gasteiger partial charge is 0.240 e. The minimum absolute atomic E-state index is 0.0724. The van der Waals surface area contributed by atoms with Gasteiger partial charge in [0.25, 0.3) is 0 Å². The highest BCUT2D eigenvalue weighted by molar-refractivity contribution is 5.81. The highest BCUT2D eigenvalue weighted by Gasteiger charge is 2.30. The molecular weight excluding hydrogens is 252 g/mol. The summed E-state index contributed by atoms with van der Waals surface area (Å²) in [5.74, 6) is -0.304. The van der Waals surface area contributed by atoms with Crippen LogP contribution in [0.4, 0.5) is 0 Å². The Kier molecular flexibility index (Phi) is 5.14. The molecule has 1 fully saturated rings. The second kappa shape index (κ2) is 7.06. The van der Waals surface area contributed by atoms with Gasteiger partial charge in [-0.1, -0.05) is 30.3 Å². The van der Waals surface area contributed by atoms with E-state index in [2.05, 4.69) is 6.07 Å². The van der Waals surface area contributed by atoms with E-state index in [1.807, 2.05) is 30.3 Å². The van der Waals surface area contributed by atoms with E-state index in [9.17, 15) is 10.1 Å². The average Bonchev–Trinajstić information content (AvgIpc) is 2.94. The number of carbonyl (C=O) groups excluding carboxylic acids is 1. The molecule has 1 aliphatic heterocycles. The minimum Gasteiger partial charge on any atom is -0.396 e. The Morgan fingerprint density at radius 2 is 2.20 bits per heavy atom. The Balaban J connectivity index is 1.95. The number of benzene rings is 1. The van der Waals surface area contributed by atoms with Gasteiger partial charge >= 0.3 is 0 Å². The Hall–Kier alpha value is -1.86. The summed E-state index contributed by atoms with van der Waals surface area (Å²) >= 11 is 0. The molecule has 2 atom stereocenters. The van der Waals surface area contributed by atoms with Gasteiger partial charge < -0.3 is 10.0 Å². The molecule has 0 aromatic heterocycles. The maximum Gasteiger partial charge on any atom is 0.240 e. The number of aliphatic hydroxyl groups excluding tert-OH is 1. The summed E-state index contributed by atoms with van der Waals surface area (Å²) in [5, 5.41) is 18.2. The molecule has 0 aliphatic carbocycles. The van der Waals surface area contributed by atoms with Crippen molar-refractivity contribution < 1.29 is 9.90 Å². The monoisotopic (exact) mass is 272 g/mol. The van der Waals surface area contributed by atoms with Crippen LogP contribution >= 0.6 is 0 Å². The molecule has 0 radical (unpaired) electrons. The minimum atomic E-state index is -0.606. The number of rotatable bonds is 5. The molecule has 1 amide bonds. The molecule has 0 saturated carbocycles. The van der Waals surface area contributed by atoms with E-state index in [-0.39, 0.29) is 12.5 Å². The largest absolute Gasteiger partial charge is 0.396 e. The second-order valence-electron chi connectivity index (χ2n) is 5.32. The molecule has 4 nitrogen and oxygen atoms in total. The molecule has 0 bridgehead atoms. The van der Waals surface area contributed by atoms with Crippen molar-refractivity contribution in [3.63, 3.8) is 0 Å². The van der Waals surface area contributed by atoms with Crippen LogP contribution < -0.4 is 0 Å². The number of amides is 1. The van der Waals surface area contributed by atoms with E-state index in [4.69, 9.17) is 5.11 Å². The first kappa shape index (κ1) is 14.5. The molecule has 106 valence electrons. The van der Waals surface area contributed by atoms with Crippen molar-refractivity contribution in [1.82, 2.24) is 4.90 Å². The molecular formula is C16H20N2O2. The quantitative estimate of drug-likeness (QED) is 0.885. The first-order valence-corrected chi connectivity index (χ1v) is 7.07. The Bertz CT molecular complexity index is 481. The molecule has 1 saturated heterocycles. The summed E-state index contributed by atoms with van der Waals surface area (Å²) in [7, 11) is 0. The van der Waals surface area contributed by atoms with E-state index in [0.717, 1.165) is 18.4 Å². The van der Waals surface area contributed by atoms with E-state index in [0.29, 0.717) is 25.4 Å². The summed E-state index contributed by atoms with van der Waals surface area (Å²) in [6.45, 7) is 1.54. The van der Waals surface area contributed by atoms with Crippen LogP contribution in [0.3, 0.4) is 0 Å². The number of likely N-dealkylation sites (tertiary alicyclic amines) is 1.